The van der Waals surface area contributed by atoms with Gasteiger partial charge in [0.15, 0.2) is 11.6 Å². The predicted octanol–water partition coefficient (Wildman–Crippen LogP) is 3.12. The summed E-state index contributed by atoms with van der Waals surface area (Å²) in [7, 11) is -3.43. The van der Waals surface area contributed by atoms with E-state index in [9.17, 15) is 22.0 Å². The van der Waals surface area contributed by atoms with E-state index in [2.05, 4.69) is 10.0 Å². The lowest BCUT2D eigenvalue weighted by Crippen LogP contribution is -2.60. The number of ether oxygens (including phenoxy) is 1. The molecule has 1 aromatic rings. The van der Waals surface area contributed by atoms with Crippen LogP contribution in [0.5, 0.6) is 0 Å². The zero-order chi connectivity index (χ0) is 23.3. The van der Waals surface area contributed by atoms with E-state index < -0.39 is 33.7 Å². The van der Waals surface area contributed by atoms with E-state index in [1.54, 1.807) is 11.0 Å². The van der Waals surface area contributed by atoms with Gasteiger partial charge < -0.3 is 15.0 Å². The summed E-state index contributed by atoms with van der Waals surface area (Å²) in [6.45, 7) is 3.11. The van der Waals surface area contributed by atoms with Gasteiger partial charge in [-0.25, -0.2) is 26.7 Å². The average Bonchev–Trinajstić information content (AvgIpc) is 2.74. The van der Waals surface area contributed by atoms with Gasteiger partial charge in [-0.15, -0.1) is 0 Å². The van der Waals surface area contributed by atoms with Crippen molar-refractivity contribution in [2.45, 2.75) is 69.6 Å². The topological polar surface area (TPSA) is 87.7 Å². The molecule has 2 atom stereocenters. The minimum Gasteiger partial charge on any atom is -0.376 e. The molecule has 1 aliphatic heterocycles. The molecule has 10 heteroatoms. The number of hydrogen-bond acceptors (Lipinski definition) is 4. The Hall–Kier alpha value is -1.78. The highest BCUT2D eigenvalue weighted by Gasteiger charge is 2.36. The maximum absolute atomic E-state index is 13.6. The van der Waals surface area contributed by atoms with Gasteiger partial charge >= 0.3 is 6.03 Å². The Balaban J connectivity index is 1.60. The number of urea groups is 1. The number of likely N-dealkylation sites (tertiary alicyclic amines) is 1. The Morgan fingerprint density at radius 3 is 2.50 bits per heavy atom. The quantitative estimate of drug-likeness (QED) is 0.637. The van der Waals surface area contributed by atoms with Crippen molar-refractivity contribution in [1.29, 1.82) is 0 Å². The van der Waals surface area contributed by atoms with Crippen LogP contribution in [0.15, 0.2) is 18.2 Å². The minimum atomic E-state index is -3.43. The highest BCUT2D eigenvalue weighted by molar-refractivity contribution is 7.88. The zero-order valence-corrected chi connectivity index (χ0v) is 19.5. The zero-order valence-electron chi connectivity index (χ0n) is 18.6. The number of amides is 2. The van der Waals surface area contributed by atoms with Gasteiger partial charge in [-0.05, 0) is 69.1 Å². The predicted molar refractivity (Wildman–Crippen MR) is 118 cm³/mol. The summed E-state index contributed by atoms with van der Waals surface area (Å²) >= 11 is 0. The summed E-state index contributed by atoms with van der Waals surface area (Å²) in [6, 6.07) is 3.06. The lowest BCUT2D eigenvalue weighted by molar-refractivity contribution is -0.0173. The van der Waals surface area contributed by atoms with Gasteiger partial charge in [-0.3, -0.25) is 0 Å². The molecule has 0 unspecified atom stereocenters. The fourth-order valence-electron chi connectivity index (χ4n) is 4.74. The fourth-order valence-corrected chi connectivity index (χ4v) is 5.57. The third-order valence-corrected chi connectivity index (χ3v) is 7.06. The van der Waals surface area contributed by atoms with Crippen LogP contribution in [0.25, 0.3) is 0 Å². The Morgan fingerprint density at radius 1 is 1.16 bits per heavy atom. The number of benzene rings is 1. The van der Waals surface area contributed by atoms with Crippen molar-refractivity contribution >= 4 is 16.1 Å². The van der Waals surface area contributed by atoms with Crippen molar-refractivity contribution < 1.29 is 26.7 Å². The molecule has 2 N–H and O–H groups in total. The van der Waals surface area contributed by atoms with Crippen molar-refractivity contribution in [3.05, 3.63) is 35.4 Å². The molecule has 180 valence electrons. The molecule has 0 aromatic heterocycles. The number of piperidine rings is 1. The highest BCUT2D eigenvalue weighted by atomic mass is 32.2. The van der Waals surface area contributed by atoms with Crippen molar-refractivity contribution in [3.63, 3.8) is 0 Å². The second kappa shape index (κ2) is 10.9. The lowest BCUT2D eigenvalue weighted by atomic mass is 9.82. The van der Waals surface area contributed by atoms with Gasteiger partial charge in [0.1, 0.15) is 0 Å². The molecule has 0 spiro atoms. The number of rotatable bonds is 7. The van der Waals surface area contributed by atoms with Crippen molar-refractivity contribution in [3.8, 4) is 0 Å². The summed E-state index contributed by atoms with van der Waals surface area (Å²) in [5, 5.41) is 2.80. The number of nitrogens with one attached hydrogen (secondary N) is 2. The maximum atomic E-state index is 13.6. The van der Waals surface area contributed by atoms with Crippen LogP contribution < -0.4 is 10.0 Å². The lowest BCUT2D eigenvalue weighted by Gasteiger charge is -2.42. The third kappa shape index (κ3) is 6.62. The molecule has 1 saturated heterocycles. The van der Waals surface area contributed by atoms with Crippen molar-refractivity contribution in [2.75, 3.05) is 26.0 Å². The van der Waals surface area contributed by atoms with Gasteiger partial charge in [0.25, 0.3) is 0 Å². The van der Waals surface area contributed by atoms with Crippen LogP contribution in [0.2, 0.25) is 0 Å². The number of nitrogens with zero attached hydrogens (tertiary/aromatic N) is 1. The smallest absolute Gasteiger partial charge is 0.317 e. The summed E-state index contributed by atoms with van der Waals surface area (Å²) < 4.78 is 59.3. The molecule has 2 fully saturated rings. The van der Waals surface area contributed by atoms with Crippen LogP contribution in [0.3, 0.4) is 0 Å². The first kappa shape index (κ1) is 24.9. The number of sulfonamides is 1. The Bertz CT molecular complexity index is 891. The number of carbonyl (C=O) groups excluding carboxylic acids is 1. The standard InChI is InChI=1S/C22H33F2N3O4S/c1-3-25-22(28)27-12-4-5-20(26-32(2,29)30)21(27)14-31-17-9-6-15(7-10-17)16-8-11-18(23)19(24)13-16/h8,11,13,15,17,20-21,26H,3-7,9-10,12,14H2,1-2H3,(H,25,28)/t15?,17?,20-,21-/m0/s1. The molecule has 1 saturated carbocycles. The molecule has 1 aromatic carbocycles. The number of hydrogen-bond donors (Lipinski definition) is 2. The van der Waals surface area contributed by atoms with E-state index >= 15 is 0 Å². The normalized spacial score (nSPS) is 26.7. The monoisotopic (exact) mass is 473 g/mol. The average molecular weight is 474 g/mol. The molecular weight excluding hydrogens is 440 g/mol. The van der Waals surface area contributed by atoms with Gasteiger partial charge in [0.2, 0.25) is 10.0 Å². The van der Waals surface area contributed by atoms with Gasteiger partial charge in [-0.1, -0.05) is 6.07 Å². The maximum Gasteiger partial charge on any atom is 0.317 e. The minimum absolute atomic E-state index is 0.0200. The summed E-state index contributed by atoms with van der Waals surface area (Å²) in [5.41, 5.74) is 0.800. The molecule has 1 aliphatic carbocycles. The first-order chi connectivity index (χ1) is 15.2. The van der Waals surface area contributed by atoms with Crippen LogP contribution in [-0.2, 0) is 14.8 Å². The Morgan fingerprint density at radius 2 is 1.88 bits per heavy atom. The number of carbonyl (C=O) groups is 1. The molecule has 0 bridgehead atoms. The van der Waals surface area contributed by atoms with Gasteiger partial charge in [-0.2, -0.15) is 0 Å². The molecule has 2 amide bonds. The SMILES string of the molecule is CCNC(=O)N1CCC[C@H](NS(C)(=O)=O)[C@@H]1COC1CCC(c2ccc(F)c(F)c2)CC1. The van der Waals surface area contributed by atoms with Crippen molar-refractivity contribution in [1.82, 2.24) is 14.9 Å². The molecular formula is C22H33F2N3O4S. The van der Waals surface area contributed by atoms with E-state index in [1.165, 1.54) is 12.1 Å². The molecule has 0 radical (unpaired) electrons. The van der Waals surface area contributed by atoms with Crippen molar-refractivity contribution in [2.24, 2.45) is 0 Å². The second-order valence-electron chi connectivity index (χ2n) is 8.72. The van der Waals surface area contributed by atoms with E-state index in [1.807, 2.05) is 6.92 Å². The molecule has 1 heterocycles. The summed E-state index contributed by atoms with van der Waals surface area (Å²) in [4.78, 5) is 14.2. The fraction of sp³-hybridized carbons (Fsp3) is 0.682. The molecule has 3 rings (SSSR count). The van der Waals surface area contributed by atoms with E-state index in [0.717, 1.165) is 37.5 Å². The highest BCUT2D eigenvalue weighted by Crippen LogP contribution is 2.35. The van der Waals surface area contributed by atoms with Crippen LogP contribution in [0.4, 0.5) is 13.6 Å². The van der Waals surface area contributed by atoms with Crippen LogP contribution in [-0.4, -0.2) is 63.5 Å². The first-order valence-corrected chi connectivity index (χ1v) is 13.2. The summed E-state index contributed by atoms with van der Waals surface area (Å²) in [6.07, 6.45) is 5.57. The second-order valence-corrected chi connectivity index (χ2v) is 10.5. The third-order valence-electron chi connectivity index (χ3n) is 6.33. The van der Waals surface area contributed by atoms with Gasteiger partial charge in [0.05, 0.1) is 25.0 Å². The Labute approximate surface area is 188 Å². The van der Waals surface area contributed by atoms with E-state index in [-0.39, 0.29) is 24.7 Å². The Kier molecular flexibility index (Phi) is 8.46. The number of halogens is 2. The largest absolute Gasteiger partial charge is 0.376 e. The van der Waals surface area contributed by atoms with Crippen LogP contribution in [0.1, 0.15) is 56.9 Å². The van der Waals surface area contributed by atoms with E-state index in [0.29, 0.717) is 25.9 Å². The molecule has 2 aliphatic rings. The van der Waals surface area contributed by atoms with E-state index in [4.69, 9.17) is 4.74 Å². The molecule has 7 nitrogen and oxygen atoms in total. The molecule has 32 heavy (non-hydrogen) atoms. The van der Waals surface area contributed by atoms with Crippen LogP contribution >= 0.6 is 0 Å². The van der Waals surface area contributed by atoms with Gasteiger partial charge in [0, 0.05) is 19.1 Å². The summed E-state index contributed by atoms with van der Waals surface area (Å²) in [5.74, 6) is -1.51. The first-order valence-electron chi connectivity index (χ1n) is 11.3. The van der Waals surface area contributed by atoms with Crippen LogP contribution in [0, 0.1) is 11.6 Å².